The van der Waals surface area contributed by atoms with Gasteiger partial charge in [0.25, 0.3) is 0 Å². The van der Waals surface area contributed by atoms with Gasteiger partial charge in [0.2, 0.25) is 0 Å². The monoisotopic (exact) mass is 452 g/mol. The molecule has 1 aliphatic carbocycles. The minimum Gasteiger partial charge on any atom is -0.487 e. The van der Waals surface area contributed by atoms with Crippen molar-refractivity contribution >= 4 is 50.2 Å². The Hall–Kier alpha value is -3.52. The van der Waals surface area contributed by atoms with E-state index in [9.17, 15) is 9.59 Å². The summed E-state index contributed by atoms with van der Waals surface area (Å²) in [6, 6.07) is 12.4. The standard InChI is InChI=1S/C21H17BrN4O3/c22-10-6-11(23)14-16(18(10)25)20(27)15-12(24)7-13(19(26)17(15)21(14)28)29-8-9-4-2-1-3-5-9/h1-7H,8,23-26H2. The van der Waals surface area contributed by atoms with Gasteiger partial charge in [-0.3, -0.25) is 9.59 Å². The van der Waals surface area contributed by atoms with Crippen LogP contribution in [0.4, 0.5) is 22.7 Å². The molecule has 7 nitrogen and oxygen atoms in total. The number of carbonyl (C=O) groups is 2. The molecule has 0 saturated heterocycles. The van der Waals surface area contributed by atoms with E-state index in [0.717, 1.165) is 5.56 Å². The number of carbonyl (C=O) groups excluding carboxylic acids is 2. The van der Waals surface area contributed by atoms with Crippen LogP contribution in [0.2, 0.25) is 0 Å². The second-order valence-electron chi connectivity index (χ2n) is 6.67. The predicted molar refractivity (Wildman–Crippen MR) is 116 cm³/mol. The maximum absolute atomic E-state index is 13.2. The lowest BCUT2D eigenvalue weighted by molar-refractivity contribution is 0.0981. The Morgan fingerprint density at radius 2 is 1.31 bits per heavy atom. The van der Waals surface area contributed by atoms with Crippen molar-refractivity contribution < 1.29 is 14.3 Å². The van der Waals surface area contributed by atoms with E-state index in [1.807, 2.05) is 30.3 Å². The second kappa shape index (κ2) is 6.82. The molecule has 8 heteroatoms. The van der Waals surface area contributed by atoms with Crippen molar-refractivity contribution in [3.8, 4) is 5.75 Å². The Morgan fingerprint density at radius 1 is 0.759 bits per heavy atom. The van der Waals surface area contributed by atoms with Crippen LogP contribution in [0.1, 0.15) is 37.4 Å². The molecule has 0 radical (unpaired) electrons. The Balaban J connectivity index is 1.85. The molecular weight excluding hydrogens is 436 g/mol. The van der Waals surface area contributed by atoms with E-state index in [0.29, 0.717) is 4.47 Å². The van der Waals surface area contributed by atoms with Crippen LogP contribution in [-0.4, -0.2) is 11.6 Å². The van der Waals surface area contributed by atoms with E-state index in [4.69, 9.17) is 27.7 Å². The third-order valence-corrected chi connectivity index (χ3v) is 5.51. The molecule has 29 heavy (non-hydrogen) atoms. The van der Waals surface area contributed by atoms with Crippen LogP contribution in [0.5, 0.6) is 5.75 Å². The Bertz CT molecular complexity index is 1190. The summed E-state index contributed by atoms with van der Waals surface area (Å²) >= 11 is 3.26. The number of anilines is 4. The smallest absolute Gasteiger partial charge is 0.198 e. The number of nitrogen functional groups attached to an aromatic ring is 4. The number of nitrogens with two attached hydrogens (primary N) is 4. The van der Waals surface area contributed by atoms with Gasteiger partial charge in [-0.1, -0.05) is 30.3 Å². The quantitative estimate of drug-likeness (QED) is 0.349. The van der Waals surface area contributed by atoms with E-state index >= 15 is 0 Å². The largest absolute Gasteiger partial charge is 0.487 e. The maximum atomic E-state index is 13.2. The molecule has 0 fully saturated rings. The average Bonchev–Trinajstić information content (AvgIpc) is 2.69. The molecule has 0 heterocycles. The highest BCUT2D eigenvalue weighted by Gasteiger charge is 2.38. The highest BCUT2D eigenvalue weighted by Crippen LogP contribution is 2.44. The van der Waals surface area contributed by atoms with E-state index in [1.54, 1.807) is 0 Å². The number of benzene rings is 3. The number of hydrogen-bond acceptors (Lipinski definition) is 7. The molecule has 4 rings (SSSR count). The van der Waals surface area contributed by atoms with Gasteiger partial charge >= 0.3 is 0 Å². The van der Waals surface area contributed by atoms with E-state index in [1.165, 1.54) is 12.1 Å². The Morgan fingerprint density at radius 3 is 1.93 bits per heavy atom. The molecular formula is C21H17BrN4O3. The van der Waals surface area contributed by atoms with Crippen molar-refractivity contribution in [2.45, 2.75) is 6.61 Å². The van der Waals surface area contributed by atoms with Gasteiger partial charge in [0.1, 0.15) is 12.4 Å². The van der Waals surface area contributed by atoms with Gasteiger partial charge in [0, 0.05) is 21.9 Å². The first kappa shape index (κ1) is 18.8. The highest BCUT2D eigenvalue weighted by atomic mass is 79.9. The summed E-state index contributed by atoms with van der Waals surface area (Å²) in [5, 5.41) is 0. The van der Waals surface area contributed by atoms with Crippen LogP contribution in [-0.2, 0) is 6.61 Å². The average molecular weight is 453 g/mol. The van der Waals surface area contributed by atoms with Crippen molar-refractivity contribution in [1.29, 1.82) is 0 Å². The van der Waals surface area contributed by atoms with Crippen LogP contribution in [0.3, 0.4) is 0 Å². The molecule has 0 unspecified atom stereocenters. The summed E-state index contributed by atoms with van der Waals surface area (Å²) in [5.74, 6) is -0.794. The van der Waals surface area contributed by atoms with Crippen molar-refractivity contribution in [3.63, 3.8) is 0 Å². The van der Waals surface area contributed by atoms with E-state index in [-0.39, 0.29) is 57.4 Å². The lowest BCUT2D eigenvalue weighted by atomic mass is 9.80. The lowest BCUT2D eigenvalue weighted by Crippen LogP contribution is -2.26. The summed E-state index contributed by atoms with van der Waals surface area (Å²) in [4.78, 5) is 26.4. The molecule has 0 spiro atoms. The van der Waals surface area contributed by atoms with E-state index in [2.05, 4.69) is 15.9 Å². The Labute approximate surface area is 174 Å². The Kier molecular flexibility index (Phi) is 4.43. The SMILES string of the molecule is Nc1cc(Br)c(N)c2c1C(=O)c1c(N)c(OCc3ccccc3)cc(N)c1C2=O. The second-order valence-corrected chi connectivity index (χ2v) is 7.53. The van der Waals surface area contributed by atoms with Crippen LogP contribution >= 0.6 is 15.9 Å². The summed E-state index contributed by atoms with van der Waals surface area (Å²) < 4.78 is 6.21. The molecule has 8 N–H and O–H groups in total. The third-order valence-electron chi connectivity index (χ3n) is 4.85. The molecule has 0 bridgehead atoms. The fourth-order valence-corrected chi connectivity index (χ4v) is 3.89. The summed E-state index contributed by atoms with van der Waals surface area (Å²) in [7, 11) is 0. The van der Waals surface area contributed by atoms with Gasteiger partial charge in [-0.05, 0) is 27.6 Å². The molecule has 3 aromatic carbocycles. The fraction of sp³-hybridized carbons (Fsp3) is 0.0476. The molecule has 0 aliphatic heterocycles. The number of hydrogen-bond donors (Lipinski definition) is 4. The molecule has 146 valence electrons. The lowest BCUT2D eigenvalue weighted by Gasteiger charge is -2.24. The van der Waals surface area contributed by atoms with Crippen molar-refractivity contribution in [2.75, 3.05) is 22.9 Å². The van der Waals surface area contributed by atoms with Crippen LogP contribution in [0.15, 0.2) is 46.9 Å². The normalized spacial score (nSPS) is 12.4. The third kappa shape index (κ3) is 2.89. The zero-order valence-electron chi connectivity index (χ0n) is 15.2. The van der Waals surface area contributed by atoms with Gasteiger partial charge in [-0.25, -0.2) is 0 Å². The fourth-order valence-electron chi connectivity index (χ4n) is 3.44. The maximum Gasteiger partial charge on any atom is 0.198 e. The number of rotatable bonds is 3. The van der Waals surface area contributed by atoms with Crippen LogP contribution in [0.25, 0.3) is 0 Å². The first-order valence-corrected chi connectivity index (χ1v) is 9.46. The summed E-state index contributed by atoms with van der Waals surface area (Å²) in [6.07, 6.45) is 0. The molecule has 0 saturated carbocycles. The predicted octanol–water partition coefficient (Wildman–Crippen LogP) is 3.13. The van der Waals surface area contributed by atoms with Crippen molar-refractivity contribution in [1.82, 2.24) is 0 Å². The minimum absolute atomic E-state index is 0.0104. The van der Waals surface area contributed by atoms with Gasteiger partial charge in [-0.2, -0.15) is 0 Å². The number of fused-ring (bicyclic) bond motifs is 2. The number of halogens is 1. The zero-order valence-corrected chi connectivity index (χ0v) is 16.7. The van der Waals surface area contributed by atoms with E-state index < -0.39 is 11.6 Å². The first-order chi connectivity index (χ1) is 13.8. The minimum atomic E-state index is -0.513. The van der Waals surface area contributed by atoms with Gasteiger partial charge < -0.3 is 27.7 Å². The van der Waals surface area contributed by atoms with Crippen molar-refractivity contribution in [2.24, 2.45) is 0 Å². The topological polar surface area (TPSA) is 147 Å². The molecule has 0 aromatic heterocycles. The number of ketones is 2. The summed E-state index contributed by atoms with van der Waals surface area (Å²) in [5.41, 5.74) is 25.7. The molecule has 1 aliphatic rings. The number of ether oxygens (including phenoxy) is 1. The molecule has 3 aromatic rings. The van der Waals surface area contributed by atoms with Gasteiger partial charge in [0.15, 0.2) is 11.6 Å². The summed E-state index contributed by atoms with van der Waals surface area (Å²) in [6.45, 7) is 0.226. The van der Waals surface area contributed by atoms with Crippen LogP contribution < -0.4 is 27.7 Å². The highest BCUT2D eigenvalue weighted by molar-refractivity contribution is 9.10. The van der Waals surface area contributed by atoms with Crippen LogP contribution in [0, 0.1) is 0 Å². The first-order valence-electron chi connectivity index (χ1n) is 8.66. The van der Waals surface area contributed by atoms with Gasteiger partial charge in [-0.15, -0.1) is 0 Å². The van der Waals surface area contributed by atoms with Crippen molar-refractivity contribution in [3.05, 3.63) is 74.8 Å². The molecule has 0 amide bonds. The van der Waals surface area contributed by atoms with Gasteiger partial charge in [0.05, 0.1) is 33.6 Å². The molecule has 0 atom stereocenters. The zero-order chi connectivity index (χ0) is 20.9.